The van der Waals surface area contributed by atoms with Gasteiger partial charge in [-0.15, -0.1) is 0 Å². The van der Waals surface area contributed by atoms with E-state index in [9.17, 15) is 5.11 Å². The van der Waals surface area contributed by atoms with Gasteiger partial charge in [0.15, 0.2) is 0 Å². The molecule has 76 valence electrons. The minimum atomic E-state index is -0.138. The first-order valence-corrected chi connectivity index (χ1v) is 5.12. The van der Waals surface area contributed by atoms with Gasteiger partial charge in [-0.2, -0.15) is 0 Å². The van der Waals surface area contributed by atoms with Crippen LogP contribution in [0.3, 0.4) is 0 Å². The third kappa shape index (κ3) is 1.83. The highest BCUT2D eigenvalue weighted by Gasteiger charge is 2.36. The van der Waals surface area contributed by atoms with Gasteiger partial charge < -0.3 is 10.4 Å². The molecule has 4 heteroatoms. The fourth-order valence-corrected chi connectivity index (χ4v) is 1.76. The molecule has 0 spiro atoms. The van der Waals surface area contributed by atoms with Crippen molar-refractivity contribution in [3.63, 3.8) is 0 Å². The maximum absolute atomic E-state index is 9.24. The Morgan fingerprint density at radius 1 is 1.50 bits per heavy atom. The lowest BCUT2D eigenvalue weighted by Crippen LogP contribution is -2.48. The van der Waals surface area contributed by atoms with Gasteiger partial charge >= 0.3 is 0 Å². The van der Waals surface area contributed by atoms with Gasteiger partial charge in [-0.25, -0.2) is 4.98 Å². The van der Waals surface area contributed by atoms with Gasteiger partial charge in [-0.3, -0.25) is 0 Å². The number of aliphatic hydroxyl groups is 1. The van der Waals surface area contributed by atoms with Crippen LogP contribution in [-0.2, 0) is 0 Å². The van der Waals surface area contributed by atoms with Crippen LogP contribution in [0.5, 0.6) is 0 Å². The smallest absolute Gasteiger partial charge is 0.126 e. The summed E-state index contributed by atoms with van der Waals surface area (Å²) in [4.78, 5) is 4.14. The first kappa shape index (κ1) is 9.74. The summed E-state index contributed by atoms with van der Waals surface area (Å²) >= 11 is 5.72. The van der Waals surface area contributed by atoms with Gasteiger partial charge in [0.1, 0.15) is 5.82 Å². The fourth-order valence-electron chi connectivity index (χ4n) is 1.65. The minimum absolute atomic E-state index is 0.138. The molecular formula is C10H13ClN2O. The second kappa shape index (κ2) is 3.75. The molecule has 3 nitrogen and oxygen atoms in total. The van der Waals surface area contributed by atoms with E-state index in [-0.39, 0.29) is 12.1 Å². The van der Waals surface area contributed by atoms with Crippen molar-refractivity contribution in [3.05, 3.63) is 23.4 Å². The van der Waals surface area contributed by atoms with Gasteiger partial charge in [0.25, 0.3) is 0 Å². The van der Waals surface area contributed by atoms with E-state index in [2.05, 4.69) is 10.3 Å². The number of aromatic nitrogens is 1. The first-order chi connectivity index (χ1) is 6.74. The molecule has 0 bridgehead atoms. The number of aliphatic hydroxyl groups excluding tert-OH is 1. The van der Waals surface area contributed by atoms with Crippen molar-refractivity contribution in [2.75, 3.05) is 11.9 Å². The van der Waals surface area contributed by atoms with Crippen LogP contribution in [0.2, 0.25) is 5.02 Å². The molecule has 0 amide bonds. The minimum Gasteiger partial charge on any atom is -0.394 e. The van der Waals surface area contributed by atoms with Crippen molar-refractivity contribution in [3.8, 4) is 0 Å². The molecule has 0 saturated heterocycles. The van der Waals surface area contributed by atoms with Crippen molar-refractivity contribution in [1.82, 2.24) is 4.98 Å². The average Bonchev–Trinajstić information content (AvgIpc) is 2.15. The average molecular weight is 213 g/mol. The Morgan fingerprint density at radius 3 is 2.71 bits per heavy atom. The molecule has 0 unspecified atom stereocenters. The van der Waals surface area contributed by atoms with Crippen LogP contribution in [0.15, 0.2) is 18.3 Å². The Hall–Kier alpha value is -0.800. The number of rotatable bonds is 3. The van der Waals surface area contributed by atoms with E-state index < -0.39 is 0 Å². The highest BCUT2D eigenvalue weighted by Crippen LogP contribution is 2.34. The number of nitrogens with zero attached hydrogens (tertiary/aromatic N) is 1. The quantitative estimate of drug-likeness (QED) is 0.806. The highest BCUT2D eigenvalue weighted by molar-refractivity contribution is 6.30. The molecule has 1 aromatic heterocycles. The standard InChI is InChI=1S/C10H13ClN2O/c11-8-2-3-9(12-6-8)13-10(7-14)4-1-5-10/h2-3,6,14H,1,4-5,7H2,(H,12,13). The van der Waals surface area contributed by atoms with E-state index in [1.807, 2.05) is 6.07 Å². The molecule has 2 N–H and O–H groups in total. The topological polar surface area (TPSA) is 45.1 Å². The van der Waals surface area contributed by atoms with Crippen molar-refractivity contribution in [2.45, 2.75) is 24.8 Å². The predicted octanol–water partition coefficient (Wildman–Crippen LogP) is 2.06. The van der Waals surface area contributed by atoms with Crippen molar-refractivity contribution < 1.29 is 5.11 Å². The predicted molar refractivity (Wildman–Crippen MR) is 56.5 cm³/mol. The molecule has 1 saturated carbocycles. The zero-order valence-electron chi connectivity index (χ0n) is 7.83. The summed E-state index contributed by atoms with van der Waals surface area (Å²) in [7, 11) is 0. The molecule has 1 fully saturated rings. The SMILES string of the molecule is OCC1(Nc2ccc(Cl)cn2)CCC1. The Morgan fingerprint density at radius 2 is 2.29 bits per heavy atom. The molecule has 0 radical (unpaired) electrons. The molecule has 14 heavy (non-hydrogen) atoms. The lowest BCUT2D eigenvalue weighted by atomic mass is 9.77. The molecule has 1 heterocycles. The van der Waals surface area contributed by atoms with E-state index in [4.69, 9.17) is 11.6 Å². The number of hydrogen-bond donors (Lipinski definition) is 2. The summed E-state index contributed by atoms with van der Waals surface area (Å²) in [6.07, 6.45) is 4.79. The van der Waals surface area contributed by atoms with E-state index in [1.54, 1.807) is 12.3 Å². The molecule has 0 aliphatic heterocycles. The molecule has 0 aromatic carbocycles. The van der Waals surface area contributed by atoms with Crippen molar-refractivity contribution in [1.29, 1.82) is 0 Å². The molecule has 1 aliphatic rings. The summed E-state index contributed by atoms with van der Waals surface area (Å²) in [6, 6.07) is 3.62. The van der Waals surface area contributed by atoms with E-state index in [0.717, 1.165) is 18.7 Å². The monoisotopic (exact) mass is 212 g/mol. The van der Waals surface area contributed by atoms with Gasteiger partial charge in [0.2, 0.25) is 0 Å². The van der Waals surface area contributed by atoms with Gasteiger partial charge in [0, 0.05) is 6.20 Å². The molecule has 2 rings (SSSR count). The second-order valence-corrected chi connectivity index (χ2v) is 4.22. The zero-order chi connectivity index (χ0) is 10.0. The lowest BCUT2D eigenvalue weighted by molar-refractivity contribution is 0.144. The summed E-state index contributed by atoms with van der Waals surface area (Å²) < 4.78 is 0. The first-order valence-electron chi connectivity index (χ1n) is 4.75. The van der Waals surface area contributed by atoms with E-state index >= 15 is 0 Å². The number of anilines is 1. The summed E-state index contributed by atoms with van der Waals surface area (Å²) in [5, 5.41) is 13.1. The molecule has 1 aromatic rings. The summed E-state index contributed by atoms with van der Waals surface area (Å²) in [6.45, 7) is 0.164. The van der Waals surface area contributed by atoms with Gasteiger partial charge in [0.05, 0.1) is 17.2 Å². The normalized spacial score (nSPS) is 18.7. The van der Waals surface area contributed by atoms with Crippen molar-refractivity contribution >= 4 is 17.4 Å². The Bertz CT molecular complexity index is 303. The zero-order valence-corrected chi connectivity index (χ0v) is 8.59. The number of hydrogen-bond acceptors (Lipinski definition) is 3. The Labute approximate surface area is 88.1 Å². The number of nitrogens with one attached hydrogen (secondary N) is 1. The Balaban J connectivity index is 2.06. The van der Waals surface area contributed by atoms with Gasteiger partial charge in [-0.05, 0) is 31.4 Å². The third-order valence-electron chi connectivity index (χ3n) is 2.73. The molecule has 1 aliphatic carbocycles. The van der Waals surface area contributed by atoms with Crippen LogP contribution in [0.1, 0.15) is 19.3 Å². The van der Waals surface area contributed by atoms with Crippen LogP contribution in [0.25, 0.3) is 0 Å². The number of pyridine rings is 1. The Kier molecular flexibility index (Phi) is 2.61. The van der Waals surface area contributed by atoms with Crippen LogP contribution >= 0.6 is 11.6 Å². The highest BCUT2D eigenvalue weighted by atomic mass is 35.5. The number of halogens is 1. The second-order valence-electron chi connectivity index (χ2n) is 3.78. The van der Waals surface area contributed by atoms with Crippen LogP contribution < -0.4 is 5.32 Å². The van der Waals surface area contributed by atoms with Crippen LogP contribution in [-0.4, -0.2) is 22.2 Å². The maximum Gasteiger partial charge on any atom is 0.126 e. The largest absolute Gasteiger partial charge is 0.394 e. The molecular weight excluding hydrogens is 200 g/mol. The maximum atomic E-state index is 9.24. The van der Waals surface area contributed by atoms with Gasteiger partial charge in [-0.1, -0.05) is 11.6 Å². The lowest BCUT2D eigenvalue weighted by Gasteiger charge is -2.41. The van der Waals surface area contributed by atoms with Crippen molar-refractivity contribution in [2.24, 2.45) is 0 Å². The summed E-state index contributed by atoms with van der Waals surface area (Å²) in [5.41, 5.74) is -0.138. The van der Waals surface area contributed by atoms with E-state index in [0.29, 0.717) is 5.02 Å². The fraction of sp³-hybridized carbons (Fsp3) is 0.500. The third-order valence-corrected chi connectivity index (χ3v) is 2.96. The van der Waals surface area contributed by atoms with E-state index in [1.165, 1.54) is 6.42 Å². The molecule has 0 atom stereocenters. The summed E-state index contributed by atoms with van der Waals surface area (Å²) in [5.74, 6) is 0.781. The van der Waals surface area contributed by atoms with Crippen LogP contribution in [0, 0.1) is 0 Å². The van der Waals surface area contributed by atoms with Crippen LogP contribution in [0.4, 0.5) is 5.82 Å².